The Bertz CT molecular complexity index is 320. The quantitative estimate of drug-likeness (QED) is 0.818. The van der Waals surface area contributed by atoms with Gasteiger partial charge in [-0.05, 0) is 38.3 Å². The van der Waals surface area contributed by atoms with Gasteiger partial charge in [-0.15, -0.1) is 0 Å². The molecule has 2 rings (SSSR count). The van der Waals surface area contributed by atoms with Crippen molar-refractivity contribution in [2.45, 2.75) is 32.2 Å². The molecule has 3 heteroatoms. The molecule has 0 aromatic carbocycles. The first kappa shape index (κ1) is 10.3. The Labute approximate surface area is 91.5 Å². The molecule has 1 aliphatic rings. The third-order valence-corrected chi connectivity index (χ3v) is 3.06. The topological polar surface area (TPSA) is 28.2 Å². The van der Waals surface area contributed by atoms with Crippen molar-refractivity contribution in [2.24, 2.45) is 0 Å². The van der Waals surface area contributed by atoms with Gasteiger partial charge in [0.2, 0.25) is 0 Å². The lowest BCUT2D eigenvalue weighted by Crippen LogP contribution is -2.27. The second-order valence-corrected chi connectivity index (χ2v) is 4.17. The number of nitrogens with one attached hydrogen (secondary N) is 1. The van der Waals surface area contributed by atoms with Crippen LogP contribution in [0.2, 0.25) is 0 Å². The summed E-state index contributed by atoms with van der Waals surface area (Å²) in [4.78, 5) is 6.72. The van der Waals surface area contributed by atoms with Gasteiger partial charge < -0.3 is 10.2 Å². The summed E-state index contributed by atoms with van der Waals surface area (Å²) in [6.45, 7) is 3.12. The van der Waals surface area contributed by atoms with Gasteiger partial charge >= 0.3 is 0 Å². The Morgan fingerprint density at radius 2 is 2.27 bits per heavy atom. The summed E-state index contributed by atoms with van der Waals surface area (Å²) >= 11 is 0. The molecule has 1 N–H and O–H groups in total. The van der Waals surface area contributed by atoms with E-state index in [-0.39, 0.29) is 0 Å². The second-order valence-electron chi connectivity index (χ2n) is 4.17. The van der Waals surface area contributed by atoms with Crippen molar-refractivity contribution in [1.29, 1.82) is 0 Å². The summed E-state index contributed by atoms with van der Waals surface area (Å²) < 4.78 is 0. The van der Waals surface area contributed by atoms with Crippen LogP contribution in [-0.4, -0.2) is 24.6 Å². The molecule has 1 aliphatic carbocycles. The molecule has 0 radical (unpaired) electrons. The van der Waals surface area contributed by atoms with E-state index in [1.54, 1.807) is 0 Å². The van der Waals surface area contributed by atoms with Gasteiger partial charge in [-0.2, -0.15) is 0 Å². The molecular weight excluding hydrogens is 186 g/mol. The van der Waals surface area contributed by atoms with E-state index in [1.165, 1.54) is 19.3 Å². The van der Waals surface area contributed by atoms with E-state index in [0.29, 0.717) is 6.04 Å². The summed E-state index contributed by atoms with van der Waals surface area (Å²) in [5, 5.41) is 3.46. The molecule has 0 atom stereocenters. The number of aromatic nitrogens is 1. The molecule has 0 unspecified atom stereocenters. The van der Waals surface area contributed by atoms with E-state index < -0.39 is 0 Å². The van der Waals surface area contributed by atoms with Gasteiger partial charge in [0.1, 0.15) is 11.6 Å². The third-order valence-electron chi connectivity index (χ3n) is 3.06. The lowest BCUT2D eigenvalue weighted by Gasteiger charge is -2.27. The van der Waals surface area contributed by atoms with Crippen LogP contribution >= 0.6 is 0 Å². The highest BCUT2D eigenvalue weighted by Gasteiger charge is 2.17. The average molecular weight is 205 g/mol. The van der Waals surface area contributed by atoms with Gasteiger partial charge in [-0.25, -0.2) is 4.98 Å². The predicted octanol–water partition coefficient (Wildman–Crippen LogP) is 2.50. The van der Waals surface area contributed by atoms with Crippen LogP contribution in [0, 0.1) is 0 Å². The van der Waals surface area contributed by atoms with Crippen LogP contribution in [0.15, 0.2) is 18.2 Å². The zero-order chi connectivity index (χ0) is 10.7. The van der Waals surface area contributed by atoms with Crippen molar-refractivity contribution in [3.63, 3.8) is 0 Å². The van der Waals surface area contributed by atoms with Gasteiger partial charge in [0.15, 0.2) is 0 Å². The average Bonchev–Trinajstić information content (AvgIpc) is 2.23. The minimum absolute atomic E-state index is 0.652. The second kappa shape index (κ2) is 4.51. The molecule has 1 heterocycles. The van der Waals surface area contributed by atoms with E-state index in [4.69, 9.17) is 0 Å². The Kier molecular flexibility index (Phi) is 3.09. The van der Waals surface area contributed by atoms with E-state index in [2.05, 4.69) is 41.3 Å². The molecule has 1 fully saturated rings. The fourth-order valence-electron chi connectivity index (χ4n) is 1.64. The Hall–Kier alpha value is -1.25. The molecule has 1 aromatic rings. The van der Waals surface area contributed by atoms with Crippen LogP contribution in [0.5, 0.6) is 0 Å². The molecule has 0 aliphatic heterocycles. The Morgan fingerprint density at radius 3 is 2.87 bits per heavy atom. The first-order valence-electron chi connectivity index (χ1n) is 5.74. The molecule has 0 amide bonds. The van der Waals surface area contributed by atoms with Crippen molar-refractivity contribution in [3.05, 3.63) is 18.2 Å². The molecular formula is C12H19N3. The van der Waals surface area contributed by atoms with Crippen molar-refractivity contribution in [3.8, 4) is 0 Å². The highest BCUT2D eigenvalue weighted by molar-refractivity contribution is 5.47. The maximum Gasteiger partial charge on any atom is 0.130 e. The first-order chi connectivity index (χ1) is 7.29. The number of hydrogen-bond acceptors (Lipinski definition) is 3. The SMILES string of the molecule is CCN(C)c1cccc(NC2CCC2)n1. The lowest BCUT2D eigenvalue weighted by atomic mass is 9.93. The van der Waals surface area contributed by atoms with Crippen LogP contribution < -0.4 is 10.2 Å². The summed E-state index contributed by atoms with van der Waals surface area (Å²) in [6.07, 6.45) is 3.93. The normalized spacial score (nSPS) is 15.9. The fraction of sp³-hybridized carbons (Fsp3) is 0.583. The molecule has 15 heavy (non-hydrogen) atoms. The summed E-state index contributed by atoms with van der Waals surface area (Å²) in [7, 11) is 2.06. The maximum atomic E-state index is 4.58. The number of rotatable bonds is 4. The van der Waals surface area contributed by atoms with Crippen LogP contribution in [0.25, 0.3) is 0 Å². The standard InChI is InChI=1S/C12H19N3/c1-3-15(2)12-9-5-8-11(14-12)13-10-6-4-7-10/h5,8-10H,3-4,6-7H2,1-2H3,(H,13,14). The number of nitrogens with zero attached hydrogens (tertiary/aromatic N) is 2. The Morgan fingerprint density at radius 1 is 1.47 bits per heavy atom. The molecule has 3 nitrogen and oxygen atoms in total. The number of pyridine rings is 1. The maximum absolute atomic E-state index is 4.58. The van der Waals surface area contributed by atoms with E-state index in [1.807, 2.05) is 6.07 Å². The van der Waals surface area contributed by atoms with E-state index in [9.17, 15) is 0 Å². The summed E-state index contributed by atoms with van der Waals surface area (Å²) in [5.41, 5.74) is 0. The van der Waals surface area contributed by atoms with Gasteiger partial charge in [-0.3, -0.25) is 0 Å². The predicted molar refractivity (Wildman–Crippen MR) is 64.4 cm³/mol. The molecule has 1 aromatic heterocycles. The molecule has 0 saturated heterocycles. The van der Waals surface area contributed by atoms with Crippen molar-refractivity contribution in [2.75, 3.05) is 23.8 Å². The molecule has 0 bridgehead atoms. The van der Waals surface area contributed by atoms with Gasteiger partial charge in [-0.1, -0.05) is 6.07 Å². The fourth-order valence-corrected chi connectivity index (χ4v) is 1.64. The van der Waals surface area contributed by atoms with Gasteiger partial charge in [0.25, 0.3) is 0 Å². The van der Waals surface area contributed by atoms with Crippen molar-refractivity contribution < 1.29 is 0 Å². The minimum atomic E-state index is 0.652. The van der Waals surface area contributed by atoms with Crippen LogP contribution in [0.4, 0.5) is 11.6 Å². The molecule has 1 saturated carbocycles. The molecule has 82 valence electrons. The monoisotopic (exact) mass is 205 g/mol. The van der Waals surface area contributed by atoms with Crippen molar-refractivity contribution in [1.82, 2.24) is 4.98 Å². The third kappa shape index (κ3) is 2.41. The van der Waals surface area contributed by atoms with Crippen LogP contribution in [0.3, 0.4) is 0 Å². The van der Waals surface area contributed by atoms with Crippen LogP contribution in [-0.2, 0) is 0 Å². The zero-order valence-corrected chi connectivity index (χ0v) is 9.53. The van der Waals surface area contributed by atoms with Crippen molar-refractivity contribution >= 4 is 11.6 Å². The highest BCUT2D eigenvalue weighted by Crippen LogP contribution is 2.23. The minimum Gasteiger partial charge on any atom is -0.367 e. The Balaban J connectivity index is 2.04. The summed E-state index contributed by atoms with van der Waals surface area (Å²) in [5.74, 6) is 2.05. The number of anilines is 2. The van der Waals surface area contributed by atoms with Gasteiger partial charge in [0, 0.05) is 19.6 Å². The van der Waals surface area contributed by atoms with E-state index >= 15 is 0 Å². The first-order valence-corrected chi connectivity index (χ1v) is 5.74. The van der Waals surface area contributed by atoms with E-state index in [0.717, 1.165) is 18.2 Å². The lowest BCUT2D eigenvalue weighted by molar-refractivity contribution is 0.444. The number of hydrogen-bond donors (Lipinski definition) is 1. The molecule has 0 spiro atoms. The highest BCUT2D eigenvalue weighted by atomic mass is 15.2. The smallest absolute Gasteiger partial charge is 0.130 e. The summed E-state index contributed by atoms with van der Waals surface area (Å²) in [6, 6.07) is 6.82. The largest absolute Gasteiger partial charge is 0.367 e. The van der Waals surface area contributed by atoms with Crippen LogP contribution in [0.1, 0.15) is 26.2 Å². The van der Waals surface area contributed by atoms with Gasteiger partial charge in [0.05, 0.1) is 0 Å². The zero-order valence-electron chi connectivity index (χ0n) is 9.53.